The van der Waals surface area contributed by atoms with Gasteiger partial charge in [-0.25, -0.2) is 0 Å². The van der Waals surface area contributed by atoms with Gasteiger partial charge in [-0.15, -0.1) is 0 Å². The smallest absolute Gasteiger partial charge is 0.254 e. The lowest BCUT2D eigenvalue weighted by atomic mass is 9.71. The van der Waals surface area contributed by atoms with E-state index in [0.29, 0.717) is 36.6 Å². The van der Waals surface area contributed by atoms with Crippen LogP contribution >= 0.6 is 0 Å². The zero-order valence-electron chi connectivity index (χ0n) is 13.9. The van der Waals surface area contributed by atoms with E-state index >= 15 is 0 Å². The zero-order chi connectivity index (χ0) is 16.4. The molecule has 0 aromatic heterocycles. The summed E-state index contributed by atoms with van der Waals surface area (Å²) in [6.07, 6.45) is 4.79. The van der Waals surface area contributed by atoms with Crippen molar-refractivity contribution in [1.29, 1.82) is 0 Å². The first kappa shape index (κ1) is 16.1. The van der Waals surface area contributed by atoms with Crippen molar-refractivity contribution < 1.29 is 19.4 Å². The summed E-state index contributed by atoms with van der Waals surface area (Å²) in [4.78, 5) is 14.7. The highest BCUT2D eigenvalue weighted by Gasteiger charge is 2.43. The van der Waals surface area contributed by atoms with E-state index in [1.807, 2.05) is 4.90 Å². The molecule has 1 aromatic rings. The van der Waals surface area contributed by atoms with Gasteiger partial charge in [0.25, 0.3) is 5.91 Å². The lowest BCUT2D eigenvalue weighted by molar-refractivity contribution is -0.0886. The minimum atomic E-state index is -0.563. The van der Waals surface area contributed by atoms with E-state index in [2.05, 4.69) is 0 Å². The fourth-order valence-electron chi connectivity index (χ4n) is 3.91. The van der Waals surface area contributed by atoms with Crippen molar-refractivity contribution in [3.05, 3.63) is 23.8 Å². The Bertz CT molecular complexity index is 588. The summed E-state index contributed by atoms with van der Waals surface area (Å²) in [5.41, 5.74) is 0.0380. The molecule has 23 heavy (non-hydrogen) atoms. The van der Waals surface area contributed by atoms with Crippen molar-refractivity contribution >= 4 is 5.91 Å². The second kappa shape index (κ2) is 6.40. The maximum Gasteiger partial charge on any atom is 0.254 e. The molecule has 2 fully saturated rings. The Kier molecular flexibility index (Phi) is 4.48. The average Bonchev–Trinajstić information content (AvgIpc) is 2.59. The van der Waals surface area contributed by atoms with Gasteiger partial charge in [-0.1, -0.05) is 12.8 Å². The SMILES string of the molecule is COc1ccc(C(=O)N2CC[C@]3(O)CCCC[C@@H]3C2)cc1OC. The number of hydrogen-bond donors (Lipinski definition) is 1. The van der Waals surface area contributed by atoms with Crippen LogP contribution in [0.15, 0.2) is 18.2 Å². The Morgan fingerprint density at radius 2 is 2.00 bits per heavy atom. The minimum Gasteiger partial charge on any atom is -0.493 e. The van der Waals surface area contributed by atoms with Crippen LogP contribution in [-0.2, 0) is 0 Å². The summed E-state index contributed by atoms with van der Waals surface area (Å²) in [7, 11) is 3.14. The molecule has 1 saturated heterocycles. The summed E-state index contributed by atoms with van der Waals surface area (Å²) < 4.78 is 10.5. The molecule has 3 rings (SSSR count). The molecule has 1 aliphatic heterocycles. The van der Waals surface area contributed by atoms with E-state index in [1.165, 1.54) is 0 Å². The van der Waals surface area contributed by atoms with E-state index in [1.54, 1.807) is 32.4 Å². The third-order valence-corrected chi connectivity index (χ3v) is 5.35. The molecule has 126 valence electrons. The van der Waals surface area contributed by atoms with Gasteiger partial charge >= 0.3 is 0 Å². The molecule has 0 unspecified atom stereocenters. The lowest BCUT2D eigenvalue weighted by Gasteiger charge is -2.47. The number of fused-ring (bicyclic) bond motifs is 1. The van der Waals surface area contributed by atoms with Crippen LogP contribution in [0, 0.1) is 5.92 Å². The van der Waals surface area contributed by atoms with Crippen LogP contribution in [0.3, 0.4) is 0 Å². The summed E-state index contributed by atoms with van der Waals surface area (Å²) in [5.74, 6) is 1.38. The Morgan fingerprint density at radius 3 is 2.74 bits per heavy atom. The summed E-state index contributed by atoms with van der Waals surface area (Å²) in [6.45, 7) is 1.25. The third kappa shape index (κ3) is 3.02. The molecule has 1 aromatic carbocycles. The van der Waals surface area contributed by atoms with Crippen LogP contribution in [0.4, 0.5) is 0 Å². The lowest BCUT2D eigenvalue weighted by Crippen LogP contribution is -2.54. The minimum absolute atomic E-state index is 0.00132. The van der Waals surface area contributed by atoms with Crippen LogP contribution < -0.4 is 9.47 Å². The molecule has 1 saturated carbocycles. The number of methoxy groups -OCH3 is 2. The molecule has 0 radical (unpaired) electrons. The van der Waals surface area contributed by atoms with E-state index in [9.17, 15) is 9.90 Å². The molecule has 1 N–H and O–H groups in total. The van der Waals surface area contributed by atoms with E-state index in [0.717, 1.165) is 25.7 Å². The standard InChI is InChI=1S/C18H25NO4/c1-22-15-7-6-13(11-16(15)23-2)17(20)19-10-9-18(21)8-4-3-5-14(18)12-19/h6-7,11,14,21H,3-5,8-10,12H2,1-2H3/t14-,18-/m1/s1. The van der Waals surface area contributed by atoms with Crippen LogP contribution in [0.1, 0.15) is 42.5 Å². The second-order valence-corrected chi connectivity index (χ2v) is 6.62. The van der Waals surface area contributed by atoms with Crippen LogP contribution in [0.25, 0.3) is 0 Å². The van der Waals surface area contributed by atoms with Gasteiger partial charge in [-0.05, 0) is 37.5 Å². The van der Waals surface area contributed by atoms with Crippen molar-refractivity contribution in [3.63, 3.8) is 0 Å². The maximum atomic E-state index is 12.8. The molecule has 0 bridgehead atoms. The van der Waals surface area contributed by atoms with Gasteiger partial charge in [0.1, 0.15) is 0 Å². The summed E-state index contributed by atoms with van der Waals surface area (Å²) in [5, 5.41) is 10.7. The Balaban J connectivity index is 1.76. The monoisotopic (exact) mass is 319 g/mol. The van der Waals surface area contributed by atoms with Crippen molar-refractivity contribution in [2.24, 2.45) is 5.92 Å². The fourth-order valence-corrected chi connectivity index (χ4v) is 3.91. The fraction of sp³-hybridized carbons (Fsp3) is 0.611. The zero-order valence-corrected chi connectivity index (χ0v) is 13.9. The summed E-state index contributed by atoms with van der Waals surface area (Å²) >= 11 is 0. The van der Waals surface area contributed by atoms with Crippen molar-refractivity contribution in [1.82, 2.24) is 4.90 Å². The van der Waals surface area contributed by atoms with Gasteiger partial charge in [0, 0.05) is 24.6 Å². The highest BCUT2D eigenvalue weighted by molar-refractivity contribution is 5.95. The molecule has 5 nitrogen and oxygen atoms in total. The molecule has 5 heteroatoms. The van der Waals surface area contributed by atoms with Crippen LogP contribution in [0.5, 0.6) is 11.5 Å². The maximum absolute atomic E-state index is 12.8. The first-order valence-corrected chi connectivity index (χ1v) is 8.31. The Labute approximate surface area is 137 Å². The number of rotatable bonds is 3. The number of carbonyl (C=O) groups is 1. The van der Waals surface area contributed by atoms with E-state index in [-0.39, 0.29) is 11.8 Å². The number of benzene rings is 1. The molecular formula is C18H25NO4. The first-order valence-electron chi connectivity index (χ1n) is 8.31. The quantitative estimate of drug-likeness (QED) is 0.930. The predicted molar refractivity (Wildman–Crippen MR) is 87.0 cm³/mol. The highest BCUT2D eigenvalue weighted by Crippen LogP contribution is 2.40. The topological polar surface area (TPSA) is 59.0 Å². The summed E-state index contributed by atoms with van der Waals surface area (Å²) in [6, 6.07) is 5.25. The van der Waals surface area contributed by atoms with Gasteiger partial charge in [0.05, 0.1) is 19.8 Å². The molecule has 0 spiro atoms. The second-order valence-electron chi connectivity index (χ2n) is 6.62. The molecule has 2 aliphatic rings. The van der Waals surface area contributed by atoms with E-state index < -0.39 is 5.60 Å². The number of piperidine rings is 1. The van der Waals surface area contributed by atoms with Crippen molar-refractivity contribution in [2.75, 3.05) is 27.3 Å². The first-order chi connectivity index (χ1) is 11.1. The highest BCUT2D eigenvalue weighted by atomic mass is 16.5. The van der Waals surface area contributed by atoms with E-state index in [4.69, 9.17) is 9.47 Å². The Hall–Kier alpha value is -1.75. The Morgan fingerprint density at radius 1 is 1.22 bits per heavy atom. The van der Waals surface area contributed by atoms with Gasteiger partial charge < -0.3 is 19.5 Å². The van der Waals surface area contributed by atoms with Gasteiger partial charge in [-0.2, -0.15) is 0 Å². The number of nitrogens with zero attached hydrogens (tertiary/aromatic N) is 1. The van der Waals surface area contributed by atoms with Gasteiger partial charge in [-0.3, -0.25) is 4.79 Å². The molecule has 1 heterocycles. The van der Waals surface area contributed by atoms with Crippen LogP contribution in [-0.4, -0.2) is 48.8 Å². The van der Waals surface area contributed by atoms with Gasteiger partial charge in [0.15, 0.2) is 11.5 Å². The number of carbonyl (C=O) groups excluding carboxylic acids is 1. The average molecular weight is 319 g/mol. The largest absolute Gasteiger partial charge is 0.493 e. The normalized spacial score (nSPS) is 27.3. The third-order valence-electron chi connectivity index (χ3n) is 5.35. The van der Waals surface area contributed by atoms with Crippen molar-refractivity contribution in [3.8, 4) is 11.5 Å². The molecular weight excluding hydrogens is 294 g/mol. The molecule has 1 aliphatic carbocycles. The number of aliphatic hydroxyl groups is 1. The number of hydrogen-bond acceptors (Lipinski definition) is 4. The van der Waals surface area contributed by atoms with Crippen LogP contribution in [0.2, 0.25) is 0 Å². The van der Waals surface area contributed by atoms with Gasteiger partial charge in [0.2, 0.25) is 0 Å². The number of ether oxygens (including phenoxy) is 2. The number of likely N-dealkylation sites (tertiary alicyclic amines) is 1. The predicted octanol–water partition coefficient (Wildman–Crippen LogP) is 2.47. The van der Waals surface area contributed by atoms with Crippen molar-refractivity contribution in [2.45, 2.75) is 37.7 Å². The molecule has 1 amide bonds. The number of amides is 1. The molecule has 2 atom stereocenters.